The highest BCUT2D eigenvalue weighted by Gasteiger charge is 2.26. The largest absolute Gasteiger partial charge is 0.496 e. The number of nitro groups is 1. The lowest BCUT2D eigenvalue weighted by Gasteiger charge is -2.36. The predicted molar refractivity (Wildman–Crippen MR) is 112 cm³/mol. The van der Waals surface area contributed by atoms with Gasteiger partial charge in [0.15, 0.2) is 0 Å². The minimum atomic E-state index is -0.398. The van der Waals surface area contributed by atoms with Gasteiger partial charge >= 0.3 is 0 Å². The van der Waals surface area contributed by atoms with Crippen LogP contribution in [0.3, 0.4) is 0 Å². The van der Waals surface area contributed by atoms with E-state index >= 15 is 0 Å². The normalized spacial score (nSPS) is 14.1. The lowest BCUT2D eigenvalue weighted by atomic mass is 10.1. The number of hydrogen-bond donors (Lipinski definition) is 0. The maximum absolute atomic E-state index is 12.9. The molecule has 0 radical (unpaired) electrons. The molecule has 0 aliphatic carbocycles. The van der Waals surface area contributed by atoms with E-state index in [2.05, 4.69) is 0 Å². The molecule has 7 nitrogen and oxygen atoms in total. The molecule has 1 aliphatic heterocycles. The van der Waals surface area contributed by atoms with Crippen molar-refractivity contribution in [2.75, 3.05) is 38.2 Å². The monoisotopic (exact) mass is 391 g/mol. The van der Waals surface area contributed by atoms with Crippen LogP contribution in [0.5, 0.6) is 5.75 Å². The van der Waals surface area contributed by atoms with Crippen molar-refractivity contribution in [2.24, 2.45) is 0 Å². The van der Waals surface area contributed by atoms with Gasteiger partial charge in [0.25, 0.3) is 11.6 Å². The Morgan fingerprint density at radius 1 is 0.966 bits per heavy atom. The van der Waals surface area contributed by atoms with Crippen LogP contribution in [-0.4, -0.2) is 49.0 Å². The molecule has 0 spiro atoms. The number of hydrogen-bond acceptors (Lipinski definition) is 5. The number of fused-ring (bicyclic) bond motifs is 1. The third-order valence-electron chi connectivity index (χ3n) is 5.28. The standard InChI is InChI=1S/C22H21N3O4/c1-29-19-8-9-20(21(15-19)25(27)28)23-10-12-24(13-11-23)22(26)18-7-6-16-4-2-3-5-17(16)14-18/h2-9,14-15H,10-13H2,1H3. The van der Waals surface area contributed by atoms with Crippen LogP contribution < -0.4 is 9.64 Å². The van der Waals surface area contributed by atoms with Crippen LogP contribution >= 0.6 is 0 Å². The molecule has 29 heavy (non-hydrogen) atoms. The summed E-state index contributed by atoms with van der Waals surface area (Å²) in [4.78, 5) is 27.7. The second kappa shape index (κ2) is 7.79. The van der Waals surface area contributed by atoms with Crippen molar-refractivity contribution in [3.8, 4) is 5.75 Å². The zero-order valence-electron chi connectivity index (χ0n) is 16.1. The van der Waals surface area contributed by atoms with Crippen LogP contribution in [0.1, 0.15) is 10.4 Å². The first kappa shape index (κ1) is 18.7. The van der Waals surface area contributed by atoms with E-state index in [0.717, 1.165) is 10.8 Å². The summed E-state index contributed by atoms with van der Waals surface area (Å²) in [6.45, 7) is 2.09. The summed E-state index contributed by atoms with van der Waals surface area (Å²) in [7, 11) is 1.48. The lowest BCUT2D eigenvalue weighted by molar-refractivity contribution is -0.384. The molecular weight excluding hydrogens is 370 g/mol. The number of ether oxygens (including phenoxy) is 1. The van der Waals surface area contributed by atoms with Crippen LogP contribution in [0, 0.1) is 10.1 Å². The fraction of sp³-hybridized carbons (Fsp3) is 0.227. The summed E-state index contributed by atoms with van der Waals surface area (Å²) in [6.07, 6.45) is 0. The van der Waals surface area contributed by atoms with Crippen molar-refractivity contribution in [2.45, 2.75) is 0 Å². The van der Waals surface area contributed by atoms with Crippen LogP contribution in [0.4, 0.5) is 11.4 Å². The highest BCUT2D eigenvalue weighted by atomic mass is 16.6. The van der Waals surface area contributed by atoms with Gasteiger partial charge in [-0.1, -0.05) is 30.3 Å². The molecule has 148 valence electrons. The smallest absolute Gasteiger partial charge is 0.296 e. The molecule has 0 aromatic heterocycles. The van der Waals surface area contributed by atoms with Gasteiger partial charge in [-0.15, -0.1) is 0 Å². The number of carbonyl (C=O) groups excluding carboxylic acids is 1. The quantitative estimate of drug-likeness (QED) is 0.500. The Hall–Kier alpha value is -3.61. The molecule has 0 bridgehead atoms. The van der Waals surface area contributed by atoms with Gasteiger partial charge in [0.05, 0.1) is 18.1 Å². The van der Waals surface area contributed by atoms with Gasteiger partial charge in [-0.3, -0.25) is 14.9 Å². The molecule has 1 aliphatic rings. The number of nitrogens with zero attached hydrogens (tertiary/aromatic N) is 3. The Labute approximate surface area is 168 Å². The summed E-state index contributed by atoms with van der Waals surface area (Å²) in [6, 6.07) is 18.5. The zero-order chi connectivity index (χ0) is 20.4. The Bertz CT molecular complexity index is 1070. The summed E-state index contributed by atoms with van der Waals surface area (Å²) in [5, 5.41) is 13.6. The minimum Gasteiger partial charge on any atom is -0.496 e. The predicted octanol–water partition coefficient (Wildman–Crippen LogP) is 3.72. The molecule has 0 unspecified atom stereocenters. The first-order valence-corrected chi connectivity index (χ1v) is 9.42. The highest BCUT2D eigenvalue weighted by Crippen LogP contribution is 2.32. The lowest BCUT2D eigenvalue weighted by Crippen LogP contribution is -2.49. The fourth-order valence-corrected chi connectivity index (χ4v) is 3.70. The van der Waals surface area contributed by atoms with E-state index in [1.54, 1.807) is 17.0 Å². The second-order valence-electron chi connectivity index (χ2n) is 6.95. The number of rotatable bonds is 4. The number of carbonyl (C=O) groups is 1. The molecule has 0 N–H and O–H groups in total. The number of amides is 1. The maximum Gasteiger partial charge on any atom is 0.296 e. The molecule has 4 rings (SSSR count). The van der Waals surface area contributed by atoms with E-state index in [4.69, 9.17) is 4.74 Å². The van der Waals surface area contributed by atoms with Crippen molar-refractivity contribution in [3.63, 3.8) is 0 Å². The Kier molecular flexibility index (Phi) is 5.03. The molecule has 0 saturated carbocycles. The van der Waals surface area contributed by atoms with Crippen molar-refractivity contribution in [1.29, 1.82) is 0 Å². The summed E-state index contributed by atoms with van der Waals surface area (Å²) in [5.74, 6) is 0.435. The average molecular weight is 391 g/mol. The van der Waals surface area contributed by atoms with Crippen LogP contribution in [0.15, 0.2) is 60.7 Å². The average Bonchev–Trinajstić information content (AvgIpc) is 2.78. The van der Waals surface area contributed by atoms with Crippen molar-refractivity contribution in [3.05, 3.63) is 76.3 Å². The summed E-state index contributed by atoms with van der Waals surface area (Å²) >= 11 is 0. The van der Waals surface area contributed by atoms with E-state index in [9.17, 15) is 14.9 Å². The van der Waals surface area contributed by atoms with Gasteiger partial charge < -0.3 is 14.5 Å². The van der Waals surface area contributed by atoms with E-state index < -0.39 is 4.92 Å². The zero-order valence-corrected chi connectivity index (χ0v) is 16.1. The third kappa shape index (κ3) is 3.71. The van der Waals surface area contributed by atoms with Gasteiger partial charge in [-0.05, 0) is 35.0 Å². The van der Waals surface area contributed by atoms with Crippen molar-refractivity contribution >= 4 is 28.1 Å². The third-order valence-corrected chi connectivity index (χ3v) is 5.28. The van der Waals surface area contributed by atoms with E-state index in [-0.39, 0.29) is 11.6 Å². The highest BCUT2D eigenvalue weighted by molar-refractivity contribution is 5.98. The van der Waals surface area contributed by atoms with Crippen LogP contribution in [0.25, 0.3) is 10.8 Å². The van der Waals surface area contributed by atoms with Gasteiger partial charge in [0, 0.05) is 31.7 Å². The number of nitro benzene ring substituents is 1. The minimum absolute atomic E-state index is 0.0126. The molecule has 0 atom stereocenters. The first-order chi connectivity index (χ1) is 14.1. The Balaban J connectivity index is 1.49. The fourth-order valence-electron chi connectivity index (χ4n) is 3.70. The second-order valence-corrected chi connectivity index (χ2v) is 6.95. The molecule has 1 saturated heterocycles. The molecule has 1 fully saturated rings. The van der Waals surface area contributed by atoms with Crippen molar-refractivity contribution in [1.82, 2.24) is 4.90 Å². The maximum atomic E-state index is 12.9. The van der Waals surface area contributed by atoms with Gasteiger partial charge in [-0.2, -0.15) is 0 Å². The summed E-state index contributed by atoms with van der Waals surface area (Å²) in [5.41, 5.74) is 1.22. The van der Waals surface area contributed by atoms with Gasteiger partial charge in [0.1, 0.15) is 11.4 Å². The number of benzene rings is 3. The molecule has 1 heterocycles. The van der Waals surface area contributed by atoms with Crippen molar-refractivity contribution < 1.29 is 14.5 Å². The molecule has 3 aromatic carbocycles. The van der Waals surface area contributed by atoms with Gasteiger partial charge in [-0.25, -0.2) is 0 Å². The number of methoxy groups -OCH3 is 1. The van der Waals surface area contributed by atoms with Crippen LogP contribution in [0.2, 0.25) is 0 Å². The van der Waals surface area contributed by atoms with E-state index in [0.29, 0.717) is 43.2 Å². The van der Waals surface area contributed by atoms with E-state index in [1.807, 2.05) is 47.4 Å². The summed E-state index contributed by atoms with van der Waals surface area (Å²) < 4.78 is 5.10. The van der Waals surface area contributed by atoms with Crippen LogP contribution in [-0.2, 0) is 0 Å². The molecular formula is C22H21N3O4. The topological polar surface area (TPSA) is 75.9 Å². The van der Waals surface area contributed by atoms with Gasteiger partial charge in [0.2, 0.25) is 0 Å². The Morgan fingerprint density at radius 3 is 2.38 bits per heavy atom. The molecule has 7 heteroatoms. The molecule has 3 aromatic rings. The van der Waals surface area contributed by atoms with E-state index in [1.165, 1.54) is 13.2 Å². The molecule has 1 amide bonds. The number of anilines is 1. The Morgan fingerprint density at radius 2 is 1.69 bits per heavy atom. The number of piperazine rings is 1. The first-order valence-electron chi connectivity index (χ1n) is 9.42. The SMILES string of the molecule is COc1ccc(N2CCN(C(=O)c3ccc4ccccc4c3)CC2)c([N+](=O)[O-])c1.